The number of hydrogen-bond donors (Lipinski definition) is 0. The van der Waals surface area contributed by atoms with Crippen molar-refractivity contribution in [2.75, 3.05) is 0 Å². The van der Waals surface area contributed by atoms with E-state index in [0.717, 1.165) is 0 Å². The third kappa shape index (κ3) is 1.55. The first kappa shape index (κ1) is 8.99. The summed E-state index contributed by atoms with van der Waals surface area (Å²) in [6.07, 6.45) is -4.43. The van der Waals surface area contributed by atoms with Gasteiger partial charge in [0.05, 0.1) is 5.52 Å². The molecule has 2 aromatic rings. The van der Waals surface area contributed by atoms with Crippen LogP contribution in [-0.4, -0.2) is 4.98 Å². The van der Waals surface area contributed by atoms with Gasteiger partial charge in [-0.05, 0) is 12.1 Å². The summed E-state index contributed by atoms with van der Waals surface area (Å²) in [6.45, 7) is 0. The van der Waals surface area contributed by atoms with E-state index in [-0.39, 0.29) is 0 Å². The molecule has 0 unspecified atom stereocenters. The third-order valence-corrected chi connectivity index (χ3v) is 1.80. The second-order valence-electron chi connectivity index (χ2n) is 2.81. The Morgan fingerprint density at radius 2 is 1.86 bits per heavy atom. The molecule has 0 spiro atoms. The van der Waals surface area contributed by atoms with Crippen molar-refractivity contribution in [1.29, 1.82) is 0 Å². The lowest BCUT2D eigenvalue weighted by molar-refractivity contribution is -0.141. The van der Waals surface area contributed by atoms with Crippen LogP contribution >= 0.6 is 0 Å². The number of benzene rings is 1. The number of pyridine rings is 1. The number of fused-ring (bicyclic) bond motifs is 1. The minimum Gasteiger partial charge on any atom is -0.243 e. The number of alkyl halides is 3. The standard InChI is InChI=1S/C10H5F3N/c11-10(12,13)9-6-5-7-3-1-2-4-8(7)14-9/h1-5H. The average Bonchev–Trinajstić information content (AvgIpc) is 2.16. The van der Waals surface area contributed by atoms with Crippen LogP contribution in [0.3, 0.4) is 0 Å². The maximum absolute atomic E-state index is 12.2. The topological polar surface area (TPSA) is 12.9 Å². The van der Waals surface area contributed by atoms with E-state index >= 15 is 0 Å². The molecule has 0 amide bonds. The Labute approximate surface area is 78.2 Å². The largest absolute Gasteiger partial charge is 0.433 e. The molecular formula is C10H5F3N. The molecule has 1 heterocycles. The second kappa shape index (κ2) is 2.97. The molecule has 0 saturated heterocycles. The lowest BCUT2D eigenvalue weighted by Gasteiger charge is -2.05. The van der Waals surface area contributed by atoms with Crippen molar-refractivity contribution in [3.05, 3.63) is 42.1 Å². The molecule has 1 aromatic heterocycles. The molecule has 0 bridgehead atoms. The molecule has 0 saturated carbocycles. The Kier molecular flexibility index (Phi) is 1.91. The molecule has 4 heteroatoms. The van der Waals surface area contributed by atoms with E-state index in [1.54, 1.807) is 24.3 Å². The van der Waals surface area contributed by atoms with Gasteiger partial charge in [0.2, 0.25) is 0 Å². The van der Waals surface area contributed by atoms with Crippen molar-refractivity contribution in [2.45, 2.75) is 6.18 Å². The van der Waals surface area contributed by atoms with E-state index in [2.05, 4.69) is 11.1 Å². The molecule has 14 heavy (non-hydrogen) atoms. The van der Waals surface area contributed by atoms with Gasteiger partial charge in [0.15, 0.2) is 5.69 Å². The summed E-state index contributed by atoms with van der Waals surface area (Å²) in [6, 6.07) is 10.0. The maximum atomic E-state index is 12.2. The summed E-state index contributed by atoms with van der Waals surface area (Å²) in [5.41, 5.74) is -0.644. The van der Waals surface area contributed by atoms with Crippen molar-refractivity contribution >= 4 is 10.9 Å². The van der Waals surface area contributed by atoms with Crippen molar-refractivity contribution in [1.82, 2.24) is 4.98 Å². The number of para-hydroxylation sites is 1. The van der Waals surface area contributed by atoms with E-state index in [0.29, 0.717) is 10.9 Å². The molecular weight excluding hydrogens is 191 g/mol. The number of rotatable bonds is 0. The highest BCUT2D eigenvalue weighted by Gasteiger charge is 2.32. The number of hydrogen-bond acceptors (Lipinski definition) is 1. The molecule has 1 radical (unpaired) electrons. The molecule has 0 N–H and O–H groups in total. The first-order valence-electron chi connectivity index (χ1n) is 3.92. The van der Waals surface area contributed by atoms with Crippen LogP contribution in [0.5, 0.6) is 0 Å². The van der Waals surface area contributed by atoms with Gasteiger partial charge in [0.25, 0.3) is 0 Å². The molecule has 0 fully saturated rings. The summed E-state index contributed by atoms with van der Waals surface area (Å²) in [5.74, 6) is 0. The highest BCUT2D eigenvalue weighted by Crippen LogP contribution is 2.28. The van der Waals surface area contributed by atoms with Crippen LogP contribution in [0.15, 0.2) is 30.3 Å². The van der Waals surface area contributed by atoms with Crippen LogP contribution in [0.4, 0.5) is 13.2 Å². The fraction of sp³-hybridized carbons (Fsp3) is 0.100. The summed E-state index contributed by atoms with van der Waals surface area (Å²) < 4.78 is 36.7. The van der Waals surface area contributed by atoms with E-state index in [9.17, 15) is 13.2 Å². The van der Waals surface area contributed by atoms with Crippen LogP contribution in [0.2, 0.25) is 0 Å². The molecule has 71 valence electrons. The van der Waals surface area contributed by atoms with Gasteiger partial charge in [-0.1, -0.05) is 18.2 Å². The lowest BCUT2D eigenvalue weighted by atomic mass is 10.2. The number of nitrogens with zero attached hydrogens (tertiary/aromatic N) is 1. The number of halogens is 3. The van der Waals surface area contributed by atoms with E-state index < -0.39 is 11.9 Å². The molecule has 1 aromatic carbocycles. The van der Waals surface area contributed by atoms with Gasteiger partial charge < -0.3 is 0 Å². The van der Waals surface area contributed by atoms with Crippen molar-refractivity contribution in [3.8, 4) is 0 Å². The van der Waals surface area contributed by atoms with Gasteiger partial charge in [-0.15, -0.1) is 0 Å². The fourth-order valence-corrected chi connectivity index (χ4v) is 1.16. The summed E-state index contributed by atoms with van der Waals surface area (Å²) in [5, 5.41) is 0.653. The zero-order valence-electron chi connectivity index (χ0n) is 6.97. The smallest absolute Gasteiger partial charge is 0.243 e. The van der Waals surface area contributed by atoms with Gasteiger partial charge in [-0.25, -0.2) is 4.98 Å². The van der Waals surface area contributed by atoms with E-state index in [1.807, 2.05) is 0 Å². The Morgan fingerprint density at radius 1 is 1.14 bits per heavy atom. The second-order valence-corrected chi connectivity index (χ2v) is 2.81. The van der Waals surface area contributed by atoms with Gasteiger partial charge in [-0.3, -0.25) is 0 Å². The normalized spacial score (nSPS) is 11.9. The van der Waals surface area contributed by atoms with Crippen molar-refractivity contribution in [3.63, 3.8) is 0 Å². The summed E-state index contributed by atoms with van der Waals surface area (Å²) in [4.78, 5) is 3.47. The van der Waals surface area contributed by atoms with Gasteiger partial charge in [-0.2, -0.15) is 13.2 Å². The fourth-order valence-electron chi connectivity index (χ4n) is 1.16. The number of aromatic nitrogens is 1. The minimum absolute atomic E-state index is 0.332. The van der Waals surface area contributed by atoms with E-state index in [1.165, 1.54) is 6.07 Å². The molecule has 0 aliphatic carbocycles. The lowest BCUT2D eigenvalue weighted by Crippen LogP contribution is -2.07. The van der Waals surface area contributed by atoms with Crippen LogP contribution in [-0.2, 0) is 6.18 Å². The predicted molar refractivity (Wildman–Crippen MR) is 45.6 cm³/mol. The molecule has 1 nitrogen and oxygen atoms in total. The van der Waals surface area contributed by atoms with Gasteiger partial charge >= 0.3 is 6.18 Å². The zero-order valence-corrected chi connectivity index (χ0v) is 6.97. The van der Waals surface area contributed by atoms with Gasteiger partial charge in [0.1, 0.15) is 0 Å². The van der Waals surface area contributed by atoms with Crippen molar-refractivity contribution < 1.29 is 13.2 Å². The molecule has 2 rings (SSSR count). The SMILES string of the molecule is FC(F)(F)c1[c]cc2ccccc2n1. The average molecular weight is 196 g/mol. The van der Waals surface area contributed by atoms with Crippen LogP contribution < -0.4 is 0 Å². The highest BCUT2D eigenvalue weighted by atomic mass is 19.4. The minimum atomic E-state index is -4.43. The third-order valence-electron chi connectivity index (χ3n) is 1.80. The highest BCUT2D eigenvalue weighted by molar-refractivity contribution is 5.78. The first-order valence-corrected chi connectivity index (χ1v) is 3.92. The molecule has 0 atom stereocenters. The molecule has 0 aliphatic rings. The van der Waals surface area contributed by atoms with Crippen molar-refractivity contribution in [2.24, 2.45) is 0 Å². The Morgan fingerprint density at radius 3 is 2.57 bits per heavy atom. The quantitative estimate of drug-likeness (QED) is 0.631. The summed E-state index contributed by atoms with van der Waals surface area (Å²) in [7, 11) is 0. The Hall–Kier alpha value is -1.58. The van der Waals surface area contributed by atoms with Crippen LogP contribution in [0, 0.1) is 6.07 Å². The molecule has 0 aliphatic heterocycles. The zero-order chi connectivity index (χ0) is 10.2. The maximum Gasteiger partial charge on any atom is 0.433 e. The first-order chi connectivity index (χ1) is 6.57. The van der Waals surface area contributed by atoms with E-state index in [4.69, 9.17) is 0 Å². The summed E-state index contributed by atoms with van der Waals surface area (Å²) >= 11 is 0. The monoisotopic (exact) mass is 196 g/mol. The van der Waals surface area contributed by atoms with Gasteiger partial charge in [0, 0.05) is 11.5 Å². The van der Waals surface area contributed by atoms with Crippen LogP contribution in [0.1, 0.15) is 5.69 Å². The van der Waals surface area contributed by atoms with Crippen LogP contribution in [0.25, 0.3) is 10.9 Å². The Balaban J connectivity index is 2.63. The predicted octanol–water partition coefficient (Wildman–Crippen LogP) is 3.05. The Bertz CT molecular complexity index is 462.